The molecule has 0 radical (unpaired) electrons. The van der Waals surface area contributed by atoms with E-state index in [2.05, 4.69) is 31.5 Å². The maximum absolute atomic E-state index is 13.0. The largest absolute Gasteiger partial charge is 0.325 e. The minimum Gasteiger partial charge on any atom is -0.307 e. The van der Waals surface area contributed by atoms with Gasteiger partial charge in [0.1, 0.15) is 5.82 Å². The molecule has 0 bridgehead atoms. The number of para-hydroxylation sites is 1. The Balaban J connectivity index is 1.74. The van der Waals surface area contributed by atoms with E-state index in [1.54, 1.807) is 18.2 Å². The molecule has 24 heavy (non-hydrogen) atoms. The first-order valence-corrected chi connectivity index (χ1v) is 8.70. The van der Waals surface area contributed by atoms with Crippen molar-refractivity contribution in [3.63, 3.8) is 0 Å². The number of rotatable bonds is 3. The van der Waals surface area contributed by atoms with Crippen molar-refractivity contribution in [2.45, 2.75) is 6.92 Å². The number of aryl methyl sites for hydroxylation is 1. The maximum atomic E-state index is 13.0. The first-order valence-electron chi connectivity index (χ1n) is 7.09. The Labute approximate surface area is 150 Å². The van der Waals surface area contributed by atoms with E-state index >= 15 is 0 Å². The third-order valence-corrected chi connectivity index (χ3v) is 4.83. The third kappa shape index (κ3) is 3.80. The van der Waals surface area contributed by atoms with E-state index in [1.807, 2.05) is 25.1 Å². The number of halogens is 2. The first-order chi connectivity index (χ1) is 11.5. The van der Waals surface area contributed by atoms with Gasteiger partial charge in [0.2, 0.25) is 0 Å². The summed E-state index contributed by atoms with van der Waals surface area (Å²) in [6, 6.07) is 13.1. The van der Waals surface area contributed by atoms with E-state index < -0.39 is 0 Å². The van der Waals surface area contributed by atoms with Crippen molar-refractivity contribution in [3.05, 3.63) is 63.7 Å². The summed E-state index contributed by atoms with van der Waals surface area (Å²) in [5.74, 6) is -0.294. The van der Waals surface area contributed by atoms with Crippen molar-refractivity contribution < 1.29 is 9.18 Å². The lowest BCUT2D eigenvalue weighted by Crippen LogP contribution is -2.19. The fourth-order valence-corrected chi connectivity index (χ4v) is 3.35. The monoisotopic (exact) mass is 405 g/mol. The number of aromatic nitrogens is 1. The predicted octanol–water partition coefficient (Wildman–Crippen LogP) is 5.66. The number of thiazole rings is 1. The van der Waals surface area contributed by atoms with Gasteiger partial charge in [-0.05, 0) is 59.3 Å². The van der Waals surface area contributed by atoms with Gasteiger partial charge in [-0.3, -0.25) is 5.32 Å². The molecule has 3 aromatic rings. The zero-order valence-electron chi connectivity index (χ0n) is 12.6. The number of hydrogen-bond acceptors (Lipinski definition) is 3. The second kappa shape index (κ2) is 7.11. The lowest BCUT2D eigenvalue weighted by atomic mass is 10.1. The summed E-state index contributed by atoms with van der Waals surface area (Å²) in [6.45, 7) is 1.91. The normalized spacial score (nSPS) is 10.5. The fourth-order valence-electron chi connectivity index (χ4n) is 2.14. The maximum Gasteiger partial charge on any atom is 0.325 e. The van der Waals surface area contributed by atoms with E-state index in [1.165, 1.54) is 23.5 Å². The van der Waals surface area contributed by atoms with Crippen LogP contribution in [0.5, 0.6) is 0 Å². The summed E-state index contributed by atoms with van der Waals surface area (Å²) in [7, 11) is 0. The average molecular weight is 406 g/mol. The Kier molecular flexibility index (Phi) is 4.92. The van der Waals surface area contributed by atoms with Crippen molar-refractivity contribution in [2.75, 3.05) is 10.6 Å². The second-order valence-electron chi connectivity index (χ2n) is 4.99. The van der Waals surface area contributed by atoms with Gasteiger partial charge in [-0.15, -0.1) is 11.3 Å². The molecule has 0 spiro atoms. The third-order valence-electron chi connectivity index (χ3n) is 3.26. The van der Waals surface area contributed by atoms with Crippen molar-refractivity contribution in [3.8, 4) is 11.3 Å². The smallest absolute Gasteiger partial charge is 0.307 e. The van der Waals surface area contributed by atoms with Crippen LogP contribution in [-0.2, 0) is 0 Å². The first kappa shape index (κ1) is 16.6. The second-order valence-corrected chi connectivity index (χ2v) is 7.05. The van der Waals surface area contributed by atoms with Crippen LogP contribution in [-0.4, -0.2) is 11.0 Å². The molecule has 4 nitrogen and oxygen atoms in total. The van der Waals surface area contributed by atoms with E-state index in [0.29, 0.717) is 10.8 Å². The SMILES string of the molecule is Cc1sc(NC(=O)Nc2ccccc2Br)nc1-c1ccc(F)cc1. The number of hydrogen-bond donors (Lipinski definition) is 2. The van der Waals surface area contributed by atoms with E-state index in [-0.39, 0.29) is 11.8 Å². The Morgan fingerprint density at radius 3 is 2.54 bits per heavy atom. The Morgan fingerprint density at radius 2 is 1.83 bits per heavy atom. The summed E-state index contributed by atoms with van der Waals surface area (Å²) in [5.41, 5.74) is 2.21. The van der Waals surface area contributed by atoms with Crippen molar-refractivity contribution in [2.24, 2.45) is 0 Å². The summed E-state index contributed by atoms with van der Waals surface area (Å²) in [5, 5.41) is 5.96. The van der Waals surface area contributed by atoms with Crippen LogP contribution in [0.1, 0.15) is 4.88 Å². The number of carbonyl (C=O) groups excluding carboxylic acids is 1. The van der Waals surface area contributed by atoms with Crippen molar-refractivity contribution >= 4 is 44.1 Å². The highest BCUT2D eigenvalue weighted by Crippen LogP contribution is 2.30. The lowest BCUT2D eigenvalue weighted by molar-refractivity contribution is 0.262. The fraction of sp³-hybridized carbons (Fsp3) is 0.0588. The van der Waals surface area contributed by atoms with Gasteiger partial charge in [0, 0.05) is 14.9 Å². The molecule has 0 fully saturated rings. The average Bonchev–Trinajstić information content (AvgIpc) is 2.90. The number of benzene rings is 2. The standard InChI is InChI=1S/C17H13BrFN3OS/c1-10-15(11-6-8-12(19)9-7-11)21-17(24-10)22-16(23)20-14-5-3-2-4-13(14)18/h2-9H,1H3,(H2,20,21,22,23). The van der Waals surface area contributed by atoms with Crippen LogP contribution in [0.4, 0.5) is 20.0 Å². The Hall–Kier alpha value is -2.25. The zero-order chi connectivity index (χ0) is 17.1. The molecule has 3 rings (SSSR count). The van der Waals surface area contributed by atoms with E-state index in [4.69, 9.17) is 0 Å². The number of nitrogens with zero attached hydrogens (tertiary/aromatic N) is 1. The molecule has 7 heteroatoms. The van der Waals surface area contributed by atoms with Gasteiger partial charge in [0.25, 0.3) is 0 Å². The molecule has 0 aliphatic rings. The number of carbonyl (C=O) groups is 1. The number of urea groups is 1. The molecule has 2 aromatic carbocycles. The van der Waals surface area contributed by atoms with Crippen LogP contribution in [0, 0.1) is 12.7 Å². The summed E-state index contributed by atoms with van der Waals surface area (Å²) in [6.07, 6.45) is 0. The van der Waals surface area contributed by atoms with Crippen LogP contribution in [0.15, 0.2) is 53.0 Å². The van der Waals surface area contributed by atoms with Crippen LogP contribution >= 0.6 is 27.3 Å². The van der Waals surface area contributed by atoms with Gasteiger partial charge in [0.05, 0.1) is 11.4 Å². The van der Waals surface area contributed by atoms with Crippen LogP contribution in [0.25, 0.3) is 11.3 Å². The molecule has 0 saturated heterocycles. The van der Waals surface area contributed by atoms with Gasteiger partial charge < -0.3 is 5.32 Å². The highest BCUT2D eigenvalue weighted by molar-refractivity contribution is 9.10. The molecule has 0 aliphatic carbocycles. The minimum absolute atomic E-state index is 0.294. The van der Waals surface area contributed by atoms with Crippen LogP contribution in [0.2, 0.25) is 0 Å². The predicted molar refractivity (Wildman–Crippen MR) is 99.0 cm³/mol. The van der Waals surface area contributed by atoms with Crippen LogP contribution in [0.3, 0.4) is 0 Å². The summed E-state index contributed by atoms with van der Waals surface area (Å²) < 4.78 is 13.8. The highest BCUT2D eigenvalue weighted by Gasteiger charge is 2.12. The molecular weight excluding hydrogens is 393 g/mol. The van der Waals surface area contributed by atoms with Crippen molar-refractivity contribution in [1.82, 2.24) is 4.98 Å². The Morgan fingerprint density at radius 1 is 1.12 bits per heavy atom. The van der Waals surface area contributed by atoms with Gasteiger partial charge in [0.15, 0.2) is 5.13 Å². The summed E-state index contributed by atoms with van der Waals surface area (Å²) >= 11 is 4.74. The molecule has 2 N–H and O–H groups in total. The lowest BCUT2D eigenvalue weighted by Gasteiger charge is -2.06. The molecule has 1 heterocycles. The van der Waals surface area contributed by atoms with Crippen molar-refractivity contribution in [1.29, 1.82) is 0 Å². The van der Waals surface area contributed by atoms with E-state index in [0.717, 1.165) is 20.6 Å². The molecule has 2 amide bonds. The molecule has 1 aromatic heterocycles. The topological polar surface area (TPSA) is 54.0 Å². The number of anilines is 2. The number of amides is 2. The van der Waals surface area contributed by atoms with Crippen LogP contribution < -0.4 is 10.6 Å². The highest BCUT2D eigenvalue weighted by atomic mass is 79.9. The molecular formula is C17H13BrFN3OS. The van der Waals surface area contributed by atoms with Gasteiger partial charge in [-0.25, -0.2) is 14.2 Å². The van der Waals surface area contributed by atoms with Gasteiger partial charge in [-0.1, -0.05) is 12.1 Å². The molecule has 0 atom stereocenters. The van der Waals surface area contributed by atoms with E-state index in [9.17, 15) is 9.18 Å². The van der Waals surface area contributed by atoms with Gasteiger partial charge in [-0.2, -0.15) is 0 Å². The quantitative estimate of drug-likeness (QED) is 0.590. The number of nitrogens with one attached hydrogen (secondary N) is 2. The minimum atomic E-state index is -0.374. The zero-order valence-corrected chi connectivity index (χ0v) is 15.0. The molecule has 122 valence electrons. The molecule has 0 saturated carbocycles. The molecule has 0 aliphatic heterocycles. The van der Waals surface area contributed by atoms with Gasteiger partial charge >= 0.3 is 6.03 Å². The summed E-state index contributed by atoms with van der Waals surface area (Å²) in [4.78, 5) is 17.5. The molecule has 0 unspecified atom stereocenters. The Bertz CT molecular complexity index is 880.